The maximum atomic E-state index is 9.17. The third-order valence-corrected chi connectivity index (χ3v) is 2.85. The summed E-state index contributed by atoms with van der Waals surface area (Å²) in [5.74, 6) is 0. The first kappa shape index (κ1) is 20.0. The minimum absolute atomic E-state index is 0.639. The Kier molecular flexibility index (Phi) is 16.3. The molecule has 0 aliphatic carbocycles. The van der Waals surface area contributed by atoms with E-state index in [1.165, 1.54) is 57.9 Å². The molecule has 18 heavy (non-hydrogen) atoms. The highest BCUT2D eigenvalue weighted by atomic mass is 16.1. The van der Waals surface area contributed by atoms with Crippen LogP contribution in [0.2, 0.25) is 0 Å². The van der Waals surface area contributed by atoms with Crippen molar-refractivity contribution >= 4 is 6.29 Å². The molecule has 0 atom stereocenters. The summed E-state index contributed by atoms with van der Waals surface area (Å²) in [4.78, 5) is 9.17. The van der Waals surface area contributed by atoms with E-state index in [9.17, 15) is 4.79 Å². The Labute approximate surface area is 115 Å². The molecule has 0 radical (unpaired) electrons. The molecule has 2 heteroatoms. The Morgan fingerprint density at radius 1 is 0.778 bits per heavy atom. The predicted octanol–water partition coefficient (Wildman–Crippen LogP) is 4.43. The van der Waals surface area contributed by atoms with Crippen LogP contribution < -0.4 is 0 Å². The van der Waals surface area contributed by atoms with Crippen LogP contribution in [-0.4, -0.2) is 38.5 Å². The van der Waals surface area contributed by atoms with Gasteiger partial charge in [0.05, 0.1) is 27.7 Å². The van der Waals surface area contributed by atoms with E-state index < -0.39 is 0 Å². The summed E-state index contributed by atoms with van der Waals surface area (Å²) in [5, 5.41) is 0. The van der Waals surface area contributed by atoms with Gasteiger partial charge in [-0.2, -0.15) is 0 Å². The number of nitrogens with zero attached hydrogens (tertiary/aromatic N) is 1. The standard InChI is InChI=1S/C13H30N.C3H6O/c1-5-6-7-8-9-10-11-12-13-14(2,3)4;1-2-3-4/h5-13H2,1-4H3;3H,2H2,1H3/q+1;. The van der Waals surface area contributed by atoms with Crippen molar-refractivity contribution in [2.75, 3.05) is 27.7 Å². The molecule has 0 aliphatic heterocycles. The molecule has 0 aromatic heterocycles. The zero-order valence-corrected chi connectivity index (χ0v) is 13.5. The molecule has 0 amide bonds. The lowest BCUT2D eigenvalue weighted by Crippen LogP contribution is -2.35. The third kappa shape index (κ3) is 24.7. The average Bonchev–Trinajstić information content (AvgIpc) is 2.31. The van der Waals surface area contributed by atoms with Gasteiger partial charge in [0.15, 0.2) is 0 Å². The second-order valence-electron chi connectivity index (χ2n) is 6.06. The van der Waals surface area contributed by atoms with Gasteiger partial charge in [-0.25, -0.2) is 0 Å². The summed E-state index contributed by atoms with van der Waals surface area (Å²) >= 11 is 0. The zero-order chi connectivity index (χ0) is 14.3. The van der Waals surface area contributed by atoms with Crippen molar-refractivity contribution in [1.29, 1.82) is 0 Å². The van der Waals surface area contributed by atoms with Gasteiger partial charge in [-0.05, 0) is 12.8 Å². The molecule has 0 aromatic rings. The SMILES string of the molecule is CCC=O.CCCCCCCCCC[N+](C)(C)C. The Morgan fingerprint density at radius 3 is 1.50 bits per heavy atom. The summed E-state index contributed by atoms with van der Waals surface area (Å²) in [6, 6.07) is 0. The maximum Gasteiger partial charge on any atom is 0.119 e. The second-order valence-corrected chi connectivity index (χ2v) is 6.06. The molecule has 0 spiro atoms. The van der Waals surface area contributed by atoms with Crippen LogP contribution in [0, 0.1) is 0 Å². The number of aldehydes is 1. The molecule has 0 unspecified atom stereocenters. The normalized spacial score (nSPS) is 10.7. The fourth-order valence-corrected chi connectivity index (χ4v) is 1.72. The molecule has 0 bridgehead atoms. The van der Waals surface area contributed by atoms with Crippen molar-refractivity contribution in [2.45, 2.75) is 71.6 Å². The maximum absolute atomic E-state index is 9.17. The fraction of sp³-hybridized carbons (Fsp3) is 0.938. The Balaban J connectivity index is 0. The molecule has 2 nitrogen and oxygen atoms in total. The Bertz CT molecular complexity index is 161. The molecule has 0 saturated carbocycles. The van der Waals surface area contributed by atoms with Gasteiger partial charge in [0.1, 0.15) is 6.29 Å². The van der Waals surface area contributed by atoms with Crippen molar-refractivity contribution < 1.29 is 9.28 Å². The van der Waals surface area contributed by atoms with E-state index >= 15 is 0 Å². The first-order chi connectivity index (χ1) is 8.47. The van der Waals surface area contributed by atoms with E-state index in [4.69, 9.17) is 0 Å². The van der Waals surface area contributed by atoms with Crippen molar-refractivity contribution in [3.63, 3.8) is 0 Å². The third-order valence-electron chi connectivity index (χ3n) is 2.85. The van der Waals surface area contributed by atoms with E-state index in [1.54, 1.807) is 0 Å². The number of hydrogen-bond acceptors (Lipinski definition) is 1. The van der Waals surface area contributed by atoms with E-state index in [2.05, 4.69) is 28.1 Å². The summed E-state index contributed by atoms with van der Waals surface area (Å²) < 4.78 is 1.12. The number of quaternary nitrogens is 1. The lowest BCUT2D eigenvalue weighted by molar-refractivity contribution is -0.870. The smallest absolute Gasteiger partial charge is 0.119 e. The molecule has 0 saturated heterocycles. The molecule has 110 valence electrons. The summed E-state index contributed by atoms with van der Waals surface area (Å²) in [7, 11) is 6.84. The predicted molar refractivity (Wildman–Crippen MR) is 81.9 cm³/mol. The number of carbonyl (C=O) groups excluding carboxylic acids is 1. The molecule has 0 N–H and O–H groups in total. The van der Waals surface area contributed by atoms with Crippen molar-refractivity contribution in [3.8, 4) is 0 Å². The number of hydrogen-bond donors (Lipinski definition) is 0. The Hall–Kier alpha value is -0.370. The van der Waals surface area contributed by atoms with Gasteiger partial charge in [-0.3, -0.25) is 0 Å². The molecule has 0 aliphatic rings. The van der Waals surface area contributed by atoms with E-state index in [0.717, 1.165) is 10.8 Å². The van der Waals surface area contributed by atoms with E-state index in [1.807, 2.05) is 6.92 Å². The molecule has 0 heterocycles. The van der Waals surface area contributed by atoms with Crippen LogP contribution in [0.4, 0.5) is 0 Å². The number of rotatable bonds is 10. The van der Waals surface area contributed by atoms with Crippen LogP contribution in [0.3, 0.4) is 0 Å². The van der Waals surface area contributed by atoms with Gasteiger partial charge >= 0.3 is 0 Å². The van der Waals surface area contributed by atoms with Gasteiger partial charge in [-0.1, -0.05) is 52.4 Å². The van der Waals surface area contributed by atoms with Crippen molar-refractivity contribution in [1.82, 2.24) is 0 Å². The first-order valence-electron chi connectivity index (χ1n) is 7.72. The van der Waals surface area contributed by atoms with E-state index in [0.29, 0.717) is 6.42 Å². The molecule has 0 fully saturated rings. The quantitative estimate of drug-likeness (QED) is 0.322. The second kappa shape index (κ2) is 14.7. The van der Waals surface area contributed by atoms with Crippen LogP contribution in [0.25, 0.3) is 0 Å². The van der Waals surface area contributed by atoms with Crippen LogP contribution in [0.15, 0.2) is 0 Å². The summed E-state index contributed by atoms with van der Waals surface area (Å²) in [5.41, 5.74) is 0. The largest absolute Gasteiger partial charge is 0.331 e. The minimum Gasteiger partial charge on any atom is -0.331 e. The summed E-state index contributed by atoms with van der Waals surface area (Å²) in [6.07, 6.45) is 12.9. The van der Waals surface area contributed by atoms with E-state index in [-0.39, 0.29) is 0 Å². The van der Waals surface area contributed by atoms with Gasteiger partial charge < -0.3 is 9.28 Å². The van der Waals surface area contributed by atoms with Gasteiger partial charge in [-0.15, -0.1) is 0 Å². The van der Waals surface area contributed by atoms with Crippen LogP contribution >= 0.6 is 0 Å². The van der Waals surface area contributed by atoms with Crippen molar-refractivity contribution in [2.24, 2.45) is 0 Å². The number of unbranched alkanes of at least 4 members (excludes halogenated alkanes) is 7. The lowest BCUT2D eigenvalue weighted by atomic mass is 10.1. The highest BCUT2D eigenvalue weighted by Gasteiger charge is 2.04. The highest BCUT2D eigenvalue weighted by molar-refractivity contribution is 5.48. The van der Waals surface area contributed by atoms with Crippen molar-refractivity contribution in [3.05, 3.63) is 0 Å². The molecular formula is C16H36NO+. The first-order valence-corrected chi connectivity index (χ1v) is 7.72. The number of carbonyl (C=O) groups is 1. The summed E-state index contributed by atoms with van der Waals surface area (Å²) in [6.45, 7) is 5.42. The molecule has 0 aromatic carbocycles. The van der Waals surface area contributed by atoms with Gasteiger partial charge in [0.2, 0.25) is 0 Å². The minimum atomic E-state index is 0.639. The molecular weight excluding hydrogens is 222 g/mol. The van der Waals surface area contributed by atoms with Crippen LogP contribution in [0.1, 0.15) is 71.6 Å². The monoisotopic (exact) mass is 258 g/mol. The molecule has 0 rings (SSSR count). The van der Waals surface area contributed by atoms with Gasteiger partial charge in [0, 0.05) is 6.42 Å². The lowest BCUT2D eigenvalue weighted by Gasteiger charge is -2.23. The average molecular weight is 258 g/mol. The highest BCUT2D eigenvalue weighted by Crippen LogP contribution is 2.09. The zero-order valence-electron chi connectivity index (χ0n) is 13.5. The van der Waals surface area contributed by atoms with Gasteiger partial charge in [0.25, 0.3) is 0 Å². The van der Waals surface area contributed by atoms with Crippen LogP contribution in [-0.2, 0) is 4.79 Å². The Morgan fingerprint density at radius 2 is 1.17 bits per heavy atom. The topological polar surface area (TPSA) is 17.1 Å². The van der Waals surface area contributed by atoms with Crippen LogP contribution in [0.5, 0.6) is 0 Å². The fourth-order valence-electron chi connectivity index (χ4n) is 1.72.